The van der Waals surface area contributed by atoms with Gasteiger partial charge < -0.3 is 5.32 Å². The Kier molecular flexibility index (Phi) is 2.47. The van der Waals surface area contributed by atoms with E-state index >= 15 is 0 Å². The second-order valence-corrected chi connectivity index (χ2v) is 3.88. The van der Waals surface area contributed by atoms with Crippen LogP contribution in [0.2, 0.25) is 0 Å². The van der Waals surface area contributed by atoms with Crippen LogP contribution in [0.3, 0.4) is 0 Å². The predicted molar refractivity (Wildman–Crippen MR) is 70.7 cm³/mol. The Labute approximate surface area is 100 Å². The van der Waals surface area contributed by atoms with Gasteiger partial charge in [0, 0.05) is 23.7 Å². The zero-order valence-electron chi connectivity index (χ0n) is 9.30. The molecule has 1 aromatic carbocycles. The Morgan fingerprint density at radius 2 is 1.88 bits per heavy atom. The van der Waals surface area contributed by atoms with E-state index in [2.05, 4.69) is 34.6 Å². The molecule has 0 saturated carbocycles. The van der Waals surface area contributed by atoms with Crippen molar-refractivity contribution in [1.29, 1.82) is 0 Å². The summed E-state index contributed by atoms with van der Waals surface area (Å²) in [6.07, 6.45) is 7.89. The summed E-state index contributed by atoms with van der Waals surface area (Å²) in [5.41, 5.74) is 4.48. The highest BCUT2D eigenvalue weighted by atomic mass is 14.9. The van der Waals surface area contributed by atoms with Crippen molar-refractivity contribution in [2.75, 3.05) is 0 Å². The number of pyridine rings is 1. The molecule has 2 nitrogen and oxygen atoms in total. The minimum atomic E-state index is 0.958. The smallest absolute Gasteiger partial charge is 0.0650 e. The zero-order chi connectivity index (χ0) is 11.5. The summed E-state index contributed by atoms with van der Waals surface area (Å²) in [5, 5.41) is 3.26. The molecule has 1 aliphatic heterocycles. The maximum atomic E-state index is 4.31. The van der Waals surface area contributed by atoms with Crippen LogP contribution in [0, 0.1) is 0 Å². The molecular formula is C15H12N2. The molecule has 17 heavy (non-hydrogen) atoms. The first kappa shape index (κ1) is 9.85. The topological polar surface area (TPSA) is 24.9 Å². The molecule has 2 heterocycles. The van der Waals surface area contributed by atoms with Crippen molar-refractivity contribution in [1.82, 2.24) is 10.3 Å². The van der Waals surface area contributed by atoms with Crippen LogP contribution in [0.5, 0.6) is 0 Å². The van der Waals surface area contributed by atoms with E-state index in [1.807, 2.05) is 36.5 Å². The lowest BCUT2D eigenvalue weighted by molar-refractivity contribution is 1.20. The molecule has 0 amide bonds. The van der Waals surface area contributed by atoms with Gasteiger partial charge in [-0.3, -0.25) is 4.98 Å². The molecular weight excluding hydrogens is 208 g/mol. The van der Waals surface area contributed by atoms with Gasteiger partial charge >= 0.3 is 0 Å². The molecule has 0 spiro atoms. The summed E-state index contributed by atoms with van der Waals surface area (Å²) < 4.78 is 0. The Balaban J connectivity index is 2.06. The monoisotopic (exact) mass is 220 g/mol. The van der Waals surface area contributed by atoms with Gasteiger partial charge in [0.2, 0.25) is 0 Å². The van der Waals surface area contributed by atoms with E-state index in [4.69, 9.17) is 0 Å². The number of hydrogen-bond acceptors (Lipinski definition) is 2. The highest BCUT2D eigenvalue weighted by molar-refractivity contribution is 5.86. The quantitative estimate of drug-likeness (QED) is 0.798. The van der Waals surface area contributed by atoms with E-state index in [1.165, 1.54) is 11.1 Å². The Hall–Kier alpha value is -2.35. The molecule has 0 unspecified atom stereocenters. The maximum Gasteiger partial charge on any atom is 0.0650 e. The fraction of sp³-hybridized carbons (Fsp3) is 0. The fourth-order valence-corrected chi connectivity index (χ4v) is 1.92. The van der Waals surface area contributed by atoms with Crippen molar-refractivity contribution in [3.8, 4) is 0 Å². The number of nitrogens with one attached hydrogen (secondary N) is 1. The first-order valence-electron chi connectivity index (χ1n) is 5.59. The Bertz CT molecular complexity index is 583. The molecule has 0 saturated heterocycles. The van der Waals surface area contributed by atoms with Crippen LogP contribution >= 0.6 is 0 Å². The summed E-state index contributed by atoms with van der Waals surface area (Å²) in [6.45, 7) is 0. The summed E-state index contributed by atoms with van der Waals surface area (Å²) in [7, 11) is 0. The van der Waals surface area contributed by atoms with Crippen LogP contribution in [0.25, 0.3) is 17.8 Å². The van der Waals surface area contributed by atoms with Crippen molar-refractivity contribution in [2.45, 2.75) is 0 Å². The average molecular weight is 220 g/mol. The number of nitrogens with zero attached hydrogens (tertiary/aromatic N) is 1. The SMILES string of the molecule is C1=Cc2ccccc2C(=Cc2ccccn2)N1. The van der Waals surface area contributed by atoms with Crippen molar-refractivity contribution in [3.05, 3.63) is 71.7 Å². The first-order chi connectivity index (χ1) is 8.43. The fourth-order valence-electron chi connectivity index (χ4n) is 1.92. The lowest BCUT2D eigenvalue weighted by Crippen LogP contribution is -2.09. The third kappa shape index (κ3) is 1.97. The highest BCUT2D eigenvalue weighted by Crippen LogP contribution is 2.23. The molecule has 0 aliphatic carbocycles. The van der Waals surface area contributed by atoms with Crippen molar-refractivity contribution in [2.24, 2.45) is 0 Å². The largest absolute Gasteiger partial charge is 0.361 e. The Morgan fingerprint density at radius 3 is 2.76 bits per heavy atom. The number of fused-ring (bicyclic) bond motifs is 1. The molecule has 0 atom stereocenters. The molecule has 1 aliphatic rings. The molecule has 2 heteroatoms. The third-order valence-corrected chi connectivity index (χ3v) is 2.73. The number of benzene rings is 1. The normalized spacial score (nSPS) is 15.4. The summed E-state index contributed by atoms with van der Waals surface area (Å²) in [5.74, 6) is 0. The standard InChI is InChI=1S/C15H12N2/c1-2-7-14-12(5-1)8-10-17-15(14)11-13-6-3-4-9-16-13/h1-11,17H. The van der Waals surface area contributed by atoms with Gasteiger partial charge in [0.15, 0.2) is 0 Å². The van der Waals surface area contributed by atoms with Gasteiger partial charge in [0.25, 0.3) is 0 Å². The second-order valence-electron chi connectivity index (χ2n) is 3.88. The summed E-state index contributed by atoms with van der Waals surface area (Å²) >= 11 is 0. The maximum absolute atomic E-state index is 4.31. The van der Waals surface area contributed by atoms with E-state index in [0.717, 1.165) is 11.4 Å². The van der Waals surface area contributed by atoms with Crippen LogP contribution in [-0.2, 0) is 0 Å². The highest BCUT2D eigenvalue weighted by Gasteiger charge is 2.08. The molecule has 1 N–H and O–H groups in total. The molecule has 82 valence electrons. The minimum absolute atomic E-state index is 0.958. The molecule has 0 fully saturated rings. The van der Waals surface area contributed by atoms with Crippen molar-refractivity contribution < 1.29 is 0 Å². The van der Waals surface area contributed by atoms with Gasteiger partial charge in [0.1, 0.15) is 0 Å². The van der Waals surface area contributed by atoms with Crippen LogP contribution in [0.1, 0.15) is 16.8 Å². The van der Waals surface area contributed by atoms with Gasteiger partial charge in [-0.1, -0.05) is 30.3 Å². The first-order valence-corrected chi connectivity index (χ1v) is 5.59. The minimum Gasteiger partial charge on any atom is -0.361 e. The van der Waals surface area contributed by atoms with E-state index < -0.39 is 0 Å². The molecule has 1 aromatic heterocycles. The van der Waals surface area contributed by atoms with E-state index in [9.17, 15) is 0 Å². The molecule has 3 rings (SSSR count). The van der Waals surface area contributed by atoms with Crippen molar-refractivity contribution in [3.63, 3.8) is 0 Å². The van der Waals surface area contributed by atoms with Gasteiger partial charge in [-0.15, -0.1) is 0 Å². The number of rotatable bonds is 1. The van der Waals surface area contributed by atoms with Gasteiger partial charge in [-0.05, 0) is 29.8 Å². The predicted octanol–water partition coefficient (Wildman–Crippen LogP) is 3.15. The number of aromatic nitrogens is 1. The lowest BCUT2D eigenvalue weighted by atomic mass is 10.0. The van der Waals surface area contributed by atoms with Gasteiger partial charge in [-0.2, -0.15) is 0 Å². The van der Waals surface area contributed by atoms with E-state index in [0.29, 0.717) is 0 Å². The molecule has 0 bridgehead atoms. The van der Waals surface area contributed by atoms with Gasteiger partial charge in [-0.25, -0.2) is 0 Å². The molecule has 0 radical (unpaired) electrons. The number of hydrogen-bond donors (Lipinski definition) is 1. The van der Waals surface area contributed by atoms with E-state index in [1.54, 1.807) is 6.20 Å². The third-order valence-electron chi connectivity index (χ3n) is 2.73. The van der Waals surface area contributed by atoms with Gasteiger partial charge in [0.05, 0.1) is 5.69 Å². The molecule has 2 aromatic rings. The lowest BCUT2D eigenvalue weighted by Gasteiger charge is -2.15. The van der Waals surface area contributed by atoms with Crippen LogP contribution < -0.4 is 5.32 Å². The van der Waals surface area contributed by atoms with Crippen LogP contribution in [-0.4, -0.2) is 4.98 Å². The van der Waals surface area contributed by atoms with Crippen LogP contribution in [0.4, 0.5) is 0 Å². The van der Waals surface area contributed by atoms with Crippen LogP contribution in [0.15, 0.2) is 54.9 Å². The average Bonchev–Trinajstić information content (AvgIpc) is 2.40. The van der Waals surface area contributed by atoms with E-state index in [-0.39, 0.29) is 0 Å². The second kappa shape index (κ2) is 4.26. The summed E-state index contributed by atoms with van der Waals surface area (Å²) in [4.78, 5) is 4.31. The summed E-state index contributed by atoms with van der Waals surface area (Å²) in [6, 6.07) is 14.2. The Morgan fingerprint density at radius 1 is 1.00 bits per heavy atom. The zero-order valence-corrected chi connectivity index (χ0v) is 9.30. The van der Waals surface area contributed by atoms with Crippen molar-refractivity contribution >= 4 is 17.8 Å².